The number of hydrogen-bond acceptors (Lipinski definition) is 3. The number of pyridine rings is 1. The lowest BCUT2D eigenvalue weighted by molar-refractivity contribution is 0.194. The fourth-order valence-electron chi connectivity index (χ4n) is 3.44. The lowest BCUT2D eigenvalue weighted by Crippen LogP contribution is -2.21. The molecule has 0 saturated carbocycles. The van der Waals surface area contributed by atoms with Gasteiger partial charge in [0.05, 0.1) is 5.52 Å². The molecule has 25 heavy (non-hydrogen) atoms. The van der Waals surface area contributed by atoms with Crippen LogP contribution in [-0.2, 0) is 12.8 Å². The van der Waals surface area contributed by atoms with Gasteiger partial charge in [-0.2, -0.15) is 0 Å². The van der Waals surface area contributed by atoms with Gasteiger partial charge in [-0.25, -0.2) is 4.79 Å². The van der Waals surface area contributed by atoms with Crippen LogP contribution < -0.4 is 10.6 Å². The second-order valence-corrected chi connectivity index (χ2v) is 6.94. The van der Waals surface area contributed by atoms with E-state index in [0.29, 0.717) is 11.6 Å². The minimum absolute atomic E-state index is 0.515. The van der Waals surface area contributed by atoms with Crippen LogP contribution in [0.5, 0.6) is 0 Å². The number of benzene rings is 1. The lowest BCUT2D eigenvalue weighted by Gasteiger charge is -2.22. The summed E-state index contributed by atoms with van der Waals surface area (Å²) < 4.78 is 0. The molecule has 1 aliphatic carbocycles. The summed E-state index contributed by atoms with van der Waals surface area (Å²) in [6.45, 7) is 1.39. The largest absolute Gasteiger partial charge is 0.465 e. The Bertz CT molecular complexity index is 764. The Hall–Kier alpha value is -2.01. The van der Waals surface area contributed by atoms with E-state index in [4.69, 9.17) is 21.7 Å². The number of rotatable bonds is 7. The number of nitrogens with zero attached hydrogens (tertiary/aromatic N) is 1. The van der Waals surface area contributed by atoms with Crippen LogP contribution >= 0.6 is 11.6 Å². The third-order valence-electron chi connectivity index (χ3n) is 4.66. The molecule has 3 rings (SSSR count). The third kappa shape index (κ3) is 4.54. The summed E-state index contributed by atoms with van der Waals surface area (Å²) in [6, 6.07) is 5.91. The first-order chi connectivity index (χ1) is 12.1. The van der Waals surface area contributed by atoms with E-state index in [0.717, 1.165) is 49.6 Å². The molecule has 1 heterocycles. The van der Waals surface area contributed by atoms with Crippen molar-refractivity contribution in [3.63, 3.8) is 0 Å². The monoisotopic (exact) mass is 361 g/mol. The normalized spacial score (nSPS) is 13.5. The zero-order chi connectivity index (χ0) is 17.6. The Morgan fingerprint density at radius 1 is 1.16 bits per heavy atom. The van der Waals surface area contributed by atoms with Crippen LogP contribution in [0.4, 0.5) is 10.5 Å². The van der Waals surface area contributed by atoms with Crippen molar-refractivity contribution in [2.75, 3.05) is 18.4 Å². The average molecular weight is 362 g/mol. The highest BCUT2D eigenvalue weighted by Gasteiger charge is 2.18. The van der Waals surface area contributed by atoms with E-state index in [1.54, 1.807) is 0 Å². The molecule has 5 nitrogen and oxygen atoms in total. The minimum atomic E-state index is -0.952. The van der Waals surface area contributed by atoms with E-state index in [9.17, 15) is 4.79 Å². The Morgan fingerprint density at radius 2 is 1.96 bits per heavy atom. The summed E-state index contributed by atoms with van der Waals surface area (Å²) in [5.74, 6) is 0. The average Bonchev–Trinajstić information content (AvgIpc) is 2.59. The van der Waals surface area contributed by atoms with Crippen LogP contribution in [0.15, 0.2) is 18.2 Å². The molecule has 0 bridgehead atoms. The van der Waals surface area contributed by atoms with E-state index in [1.807, 2.05) is 12.1 Å². The van der Waals surface area contributed by atoms with Gasteiger partial charge in [-0.15, -0.1) is 0 Å². The number of anilines is 1. The topological polar surface area (TPSA) is 74.2 Å². The second-order valence-electron chi connectivity index (χ2n) is 6.50. The van der Waals surface area contributed by atoms with Crippen molar-refractivity contribution in [2.24, 2.45) is 0 Å². The molecule has 0 saturated heterocycles. The smallest absolute Gasteiger partial charge is 0.404 e. The van der Waals surface area contributed by atoms with Crippen molar-refractivity contribution in [3.05, 3.63) is 34.5 Å². The van der Waals surface area contributed by atoms with Crippen LogP contribution in [0.3, 0.4) is 0 Å². The van der Waals surface area contributed by atoms with E-state index >= 15 is 0 Å². The predicted molar refractivity (Wildman–Crippen MR) is 102 cm³/mol. The summed E-state index contributed by atoms with van der Waals surface area (Å²) in [7, 11) is 0. The Morgan fingerprint density at radius 3 is 2.80 bits per heavy atom. The van der Waals surface area contributed by atoms with Gasteiger partial charge in [-0.3, -0.25) is 4.98 Å². The molecule has 0 radical (unpaired) electrons. The van der Waals surface area contributed by atoms with Crippen LogP contribution in [0, 0.1) is 0 Å². The summed E-state index contributed by atoms with van der Waals surface area (Å²) in [5.41, 5.74) is 4.73. The van der Waals surface area contributed by atoms with Crippen molar-refractivity contribution in [1.82, 2.24) is 10.3 Å². The number of aromatic nitrogens is 1. The Labute approximate surface area is 152 Å². The molecule has 0 spiro atoms. The maximum absolute atomic E-state index is 10.4. The number of carboxylic acid groups (broad SMARTS) is 1. The number of aryl methyl sites for hydroxylation is 1. The van der Waals surface area contributed by atoms with Crippen molar-refractivity contribution in [1.29, 1.82) is 0 Å². The number of carbonyl (C=O) groups is 1. The fourth-order valence-corrected chi connectivity index (χ4v) is 3.60. The van der Waals surface area contributed by atoms with Crippen LogP contribution in [-0.4, -0.2) is 29.3 Å². The van der Waals surface area contributed by atoms with E-state index in [1.165, 1.54) is 29.8 Å². The molecule has 1 aromatic carbocycles. The predicted octanol–water partition coefficient (Wildman–Crippen LogP) is 4.62. The maximum atomic E-state index is 10.4. The van der Waals surface area contributed by atoms with Gasteiger partial charge in [0.15, 0.2) is 0 Å². The van der Waals surface area contributed by atoms with E-state index < -0.39 is 6.09 Å². The fraction of sp³-hybridized carbons (Fsp3) is 0.474. The van der Waals surface area contributed by atoms with Crippen molar-refractivity contribution >= 4 is 34.3 Å². The molecule has 134 valence electrons. The number of hydrogen-bond donors (Lipinski definition) is 3. The highest BCUT2D eigenvalue weighted by Crippen LogP contribution is 2.34. The molecule has 0 atom stereocenters. The number of unbranched alkanes of at least 4 members (excludes halogenated alkanes) is 2. The first-order valence-electron chi connectivity index (χ1n) is 8.97. The molecule has 1 aliphatic rings. The molecular weight excluding hydrogens is 338 g/mol. The van der Waals surface area contributed by atoms with Crippen molar-refractivity contribution < 1.29 is 9.90 Å². The highest BCUT2D eigenvalue weighted by molar-refractivity contribution is 6.31. The molecule has 2 aromatic rings. The molecule has 1 aromatic heterocycles. The van der Waals surface area contributed by atoms with Crippen molar-refractivity contribution in [2.45, 2.75) is 44.9 Å². The van der Waals surface area contributed by atoms with Gasteiger partial charge < -0.3 is 15.7 Å². The maximum Gasteiger partial charge on any atom is 0.404 e. The summed E-state index contributed by atoms with van der Waals surface area (Å²) in [5, 5.41) is 16.4. The zero-order valence-corrected chi connectivity index (χ0v) is 15.0. The quantitative estimate of drug-likeness (QED) is 0.629. The molecular formula is C19H24ClN3O2. The summed E-state index contributed by atoms with van der Waals surface area (Å²) >= 11 is 6.14. The molecule has 0 unspecified atom stereocenters. The molecule has 1 amide bonds. The summed E-state index contributed by atoms with van der Waals surface area (Å²) in [4.78, 5) is 15.3. The highest BCUT2D eigenvalue weighted by atomic mass is 35.5. The minimum Gasteiger partial charge on any atom is -0.465 e. The Kier molecular flexibility index (Phi) is 5.97. The number of nitrogens with one attached hydrogen (secondary N) is 2. The SMILES string of the molecule is O=C(O)NCCCCCNc1c2c(nc3cc(Cl)ccc13)CCCC2. The van der Waals surface area contributed by atoms with Crippen LogP contribution in [0.2, 0.25) is 5.02 Å². The van der Waals surface area contributed by atoms with Gasteiger partial charge in [0.25, 0.3) is 0 Å². The second kappa shape index (κ2) is 8.39. The number of fused-ring (bicyclic) bond motifs is 2. The van der Waals surface area contributed by atoms with Gasteiger partial charge >= 0.3 is 6.09 Å². The van der Waals surface area contributed by atoms with E-state index in [2.05, 4.69) is 16.7 Å². The van der Waals surface area contributed by atoms with Gasteiger partial charge in [0.2, 0.25) is 0 Å². The van der Waals surface area contributed by atoms with Gasteiger partial charge in [-0.05, 0) is 68.7 Å². The first-order valence-corrected chi connectivity index (χ1v) is 9.34. The first kappa shape index (κ1) is 17.8. The zero-order valence-electron chi connectivity index (χ0n) is 14.3. The molecule has 0 fully saturated rings. The number of amides is 1. The lowest BCUT2D eigenvalue weighted by atomic mass is 9.92. The Balaban J connectivity index is 1.68. The standard InChI is InChI=1S/C19H24ClN3O2/c20-13-8-9-15-17(12-13)23-16-7-3-2-6-14(16)18(15)21-10-4-1-5-11-22-19(24)25/h8-9,12,22H,1-7,10-11H2,(H,21,23)(H,24,25). The van der Waals surface area contributed by atoms with E-state index in [-0.39, 0.29) is 0 Å². The van der Waals surface area contributed by atoms with Gasteiger partial charge in [0, 0.05) is 34.9 Å². The van der Waals surface area contributed by atoms with Crippen LogP contribution in [0.1, 0.15) is 43.4 Å². The number of halogens is 1. The van der Waals surface area contributed by atoms with Crippen molar-refractivity contribution in [3.8, 4) is 0 Å². The summed E-state index contributed by atoms with van der Waals surface area (Å²) in [6.07, 6.45) is 6.42. The molecule has 0 aliphatic heterocycles. The van der Waals surface area contributed by atoms with Gasteiger partial charge in [0.1, 0.15) is 0 Å². The van der Waals surface area contributed by atoms with Crippen LogP contribution in [0.25, 0.3) is 10.9 Å². The molecule has 6 heteroatoms. The third-order valence-corrected chi connectivity index (χ3v) is 4.89. The van der Waals surface area contributed by atoms with Gasteiger partial charge in [-0.1, -0.05) is 11.6 Å². The molecule has 3 N–H and O–H groups in total.